The van der Waals surface area contributed by atoms with E-state index in [0.29, 0.717) is 41.5 Å². The summed E-state index contributed by atoms with van der Waals surface area (Å²) < 4.78 is 11.7. The Labute approximate surface area is 220 Å². The summed E-state index contributed by atoms with van der Waals surface area (Å²) in [4.78, 5) is 12.2. The summed E-state index contributed by atoms with van der Waals surface area (Å²) in [6, 6.07) is 20.3. The van der Waals surface area contributed by atoms with E-state index in [1.807, 2.05) is 49.4 Å². The van der Waals surface area contributed by atoms with Gasteiger partial charge in [0.25, 0.3) is 5.91 Å². The summed E-state index contributed by atoms with van der Waals surface area (Å²) in [7, 11) is 0. The van der Waals surface area contributed by atoms with Gasteiger partial charge in [-0.25, -0.2) is 5.43 Å². The quantitative estimate of drug-likeness (QED) is 0.279. The molecule has 1 aliphatic heterocycles. The number of carbonyl (C=O) groups excluding carboxylic acids is 1. The molecule has 0 radical (unpaired) electrons. The van der Waals surface area contributed by atoms with Crippen LogP contribution in [0.2, 0.25) is 10.0 Å². The van der Waals surface area contributed by atoms with Crippen molar-refractivity contribution >= 4 is 35.3 Å². The zero-order valence-corrected chi connectivity index (χ0v) is 21.4. The molecule has 3 aromatic rings. The second kappa shape index (κ2) is 12.4. The highest BCUT2D eigenvalue weighted by Gasteiger charge is 2.29. The standard InChI is InChI=1S/C28H28Cl2N2O4/c1-2-35-24-10-3-18(4-11-24)13-21-14-20(7-12-26(21)30)27-16-23(33)15-25(36-27)17-31-32-28(34)19-5-8-22(29)9-6-19/h3-12,14,17,23,25,27,33H,2,13,15-16H2,1H3,(H,32,34)/b31-17+. The molecule has 188 valence electrons. The molecule has 1 aliphatic rings. The number of amides is 1. The molecule has 36 heavy (non-hydrogen) atoms. The second-order valence-electron chi connectivity index (χ2n) is 8.62. The van der Waals surface area contributed by atoms with Crippen LogP contribution in [-0.2, 0) is 11.2 Å². The van der Waals surface area contributed by atoms with Crippen LogP contribution in [0.1, 0.15) is 52.9 Å². The number of aliphatic hydroxyl groups is 1. The normalized spacial score (nSPS) is 19.8. The summed E-state index contributed by atoms with van der Waals surface area (Å²) >= 11 is 12.4. The number of nitrogens with zero attached hydrogens (tertiary/aromatic N) is 1. The number of nitrogens with one attached hydrogen (secondary N) is 1. The molecule has 0 aliphatic carbocycles. The van der Waals surface area contributed by atoms with Gasteiger partial charge in [0.05, 0.1) is 31.1 Å². The first-order valence-corrected chi connectivity index (χ1v) is 12.6. The molecule has 2 N–H and O–H groups in total. The zero-order chi connectivity index (χ0) is 25.5. The summed E-state index contributed by atoms with van der Waals surface area (Å²) in [5, 5.41) is 15.7. The van der Waals surface area contributed by atoms with E-state index in [2.05, 4.69) is 10.5 Å². The van der Waals surface area contributed by atoms with Crippen molar-refractivity contribution in [2.75, 3.05) is 6.61 Å². The van der Waals surface area contributed by atoms with Crippen molar-refractivity contribution in [3.8, 4) is 5.75 Å². The first kappa shape index (κ1) is 26.2. The van der Waals surface area contributed by atoms with E-state index >= 15 is 0 Å². The van der Waals surface area contributed by atoms with Gasteiger partial charge in [-0.3, -0.25) is 4.79 Å². The second-order valence-corrected chi connectivity index (χ2v) is 9.46. The highest BCUT2D eigenvalue weighted by molar-refractivity contribution is 6.31. The van der Waals surface area contributed by atoms with Crippen LogP contribution in [0.4, 0.5) is 0 Å². The average molecular weight is 527 g/mol. The Morgan fingerprint density at radius 2 is 1.86 bits per heavy atom. The number of hydrogen-bond donors (Lipinski definition) is 2. The molecule has 3 unspecified atom stereocenters. The third-order valence-corrected chi connectivity index (χ3v) is 6.53. The lowest BCUT2D eigenvalue weighted by Crippen LogP contribution is -2.33. The summed E-state index contributed by atoms with van der Waals surface area (Å²) in [5.74, 6) is 0.482. The van der Waals surface area contributed by atoms with E-state index < -0.39 is 12.2 Å². The van der Waals surface area contributed by atoms with E-state index in [-0.39, 0.29) is 12.0 Å². The SMILES string of the molecule is CCOc1ccc(Cc2cc(C3CC(O)CC(/C=N/NC(=O)c4ccc(Cl)cc4)O3)ccc2Cl)cc1. The summed E-state index contributed by atoms with van der Waals surface area (Å²) in [6.45, 7) is 2.58. The monoisotopic (exact) mass is 526 g/mol. The van der Waals surface area contributed by atoms with E-state index in [1.54, 1.807) is 24.3 Å². The molecule has 0 aromatic heterocycles. The van der Waals surface area contributed by atoms with Gasteiger partial charge in [0.1, 0.15) is 5.75 Å². The van der Waals surface area contributed by atoms with Gasteiger partial charge < -0.3 is 14.6 Å². The first-order valence-electron chi connectivity index (χ1n) is 11.8. The van der Waals surface area contributed by atoms with E-state index in [9.17, 15) is 9.90 Å². The van der Waals surface area contributed by atoms with Crippen LogP contribution in [0.5, 0.6) is 5.75 Å². The molecular weight excluding hydrogens is 499 g/mol. The largest absolute Gasteiger partial charge is 0.494 e. The van der Waals surface area contributed by atoms with Crippen LogP contribution in [-0.4, -0.2) is 36.0 Å². The fourth-order valence-electron chi connectivity index (χ4n) is 4.11. The third kappa shape index (κ3) is 7.08. The zero-order valence-electron chi connectivity index (χ0n) is 19.9. The number of hydrazone groups is 1. The maximum atomic E-state index is 12.2. The minimum Gasteiger partial charge on any atom is -0.494 e. The lowest BCUT2D eigenvalue weighted by molar-refractivity contribution is -0.0681. The van der Waals surface area contributed by atoms with Crippen molar-refractivity contribution in [1.82, 2.24) is 5.43 Å². The summed E-state index contributed by atoms with van der Waals surface area (Å²) in [5.41, 5.74) is 5.96. The van der Waals surface area contributed by atoms with Gasteiger partial charge >= 0.3 is 0 Å². The molecule has 3 atom stereocenters. The van der Waals surface area contributed by atoms with Crippen molar-refractivity contribution in [3.63, 3.8) is 0 Å². The van der Waals surface area contributed by atoms with Crippen LogP contribution in [0.15, 0.2) is 71.8 Å². The number of rotatable bonds is 8. The number of ether oxygens (including phenoxy) is 2. The van der Waals surface area contributed by atoms with Crippen LogP contribution in [0.25, 0.3) is 0 Å². The number of aliphatic hydroxyl groups excluding tert-OH is 1. The number of carbonyl (C=O) groups is 1. The topological polar surface area (TPSA) is 80.2 Å². The maximum Gasteiger partial charge on any atom is 0.271 e. The van der Waals surface area contributed by atoms with Gasteiger partial charge in [-0.2, -0.15) is 5.10 Å². The Morgan fingerprint density at radius 3 is 2.58 bits per heavy atom. The van der Waals surface area contributed by atoms with Crippen molar-refractivity contribution < 1.29 is 19.4 Å². The highest BCUT2D eigenvalue weighted by atomic mass is 35.5. The van der Waals surface area contributed by atoms with Gasteiger partial charge in [-0.05, 0) is 72.5 Å². The number of hydrogen-bond acceptors (Lipinski definition) is 5. The Balaban J connectivity index is 1.41. The van der Waals surface area contributed by atoms with Gasteiger partial charge in [-0.15, -0.1) is 0 Å². The Kier molecular flexibility index (Phi) is 8.99. The molecule has 0 saturated carbocycles. The molecule has 4 rings (SSSR count). The Hall–Kier alpha value is -2.90. The van der Waals surface area contributed by atoms with Gasteiger partial charge in [0.15, 0.2) is 0 Å². The van der Waals surface area contributed by atoms with E-state index in [1.165, 1.54) is 6.21 Å². The molecule has 0 bridgehead atoms. The molecule has 1 amide bonds. The fourth-order valence-corrected chi connectivity index (χ4v) is 4.42. The van der Waals surface area contributed by atoms with Crippen molar-refractivity contribution in [2.24, 2.45) is 5.10 Å². The lowest BCUT2D eigenvalue weighted by Gasteiger charge is -2.32. The molecule has 3 aromatic carbocycles. The van der Waals surface area contributed by atoms with Gasteiger partial charge in [0, 0.05) is 28.5 Å². The van der Waals surface area contributed by atoms with E-state index in [4.69, 9.17) is 32.7 Å². The Morgan fingerprint density at radius 1 is 1.11 bits per heavy atom. The fraction of sp³-hybridized carbons (Fsp3) is 0.286. The average Bonchev–Trinajstić information content (AvgIpc) is 2.87. The predicted molar refractivity (Wildman–Crippen MR) is 142 cm³/mol. The molecule has 1 heterocycles. The Bertz CT molecular complexity index is 1200. The minimum absolute atomic E-state index is 0.325. The van der Waals surface area contributed by atoms with Crippen LogP contribution >= 0.6 is 23.2 Å². The maximum absolute atomic E-state index is 12.2. The van der Waals surface area contributed by atoms with Crippen LogP contribution in [0, 0.1) is 0 Å². The minimum atomic E-state index is -0.558. The van der Waals surface area contributed by atoms with Crippen molar-refractivity contribution in [2.45, 2.75) is 44.5 Å². The predicted octanol–water partition coefficient (Wildman–Crippen LogP) is 5.98. The van der Waals surface area contributed by atoms with E-state index in [0.717, 1.165) is 22.4 Å². The van der Waals surface area contributed by atoms with Crippen molar-refractivity contribution in [1.29, 1.82) is 0 Å². The molecule has 0 spiro atoms. The molecule has 1 fully saturated rings. The smallest absolute Gasteiger partial charge is 0.271 e. The number of benzene rings is 3. The third-order valence-electron chi connectivity index (χ3n) is 5.91. The molecule has 1 saturated heterocycles. The van der Waals surface area contributed by atoms with Gasteiger partial charge in [0.2, 0.25) is 0 Å². The summed E-state index contributed by atoms with van der Waals surface area (Å²) in [6.07, 6.45) is 1.70. The molecule has 8 heteroatoms. The molecular formula is C28H28Cl2N2O4. The lowest BCUT2D eigenvalue weighted by atomic mass is 9.94. The highest BCUT2D eigenvalue weighted by Crippen LogP contribution is 2.33. The molecule has 6 nitrogen and oxygen atoms in total. The van der Waals surface area contributed by atoms with Gasteiger partial charge in [-0.1, -0.05) is 47.5 Å². The van der Waals surface area contributed by atoms with Crippen molar-refractivity contribution in [3.05, 3.63) is 99.0 Å². The number of halogens is 2. The first-order chi connectivity index (χ1) is 17.4. The van der Waals surface area contributed by atoms with Crippen LogP contribution in [0.3, 0.4) is 0 Å². The van der Waals surface area contributed by atoms with Crippen LogP contribution < -0.4 is 10.2 Å².